The summed E-state index contributed by atoms with van der Waals surface area (Å²) in [6.07, 6.45) is 10.3. The SMILES string of the molecule is Cn1cc(C2CCCCC(N)C2)cn1. The van der Waals surface area contributed by atoms with Crippen molar-refractivity contribution < 1.29 is 0 Å². The summed E-state index contributed by atoms with van der Waals surface area (Å²) in [6, 6.07) is 0.391. The summed E-state index contributed by atoms with van der Waals surface area (Å²) in [4.78, 5) is 0. The van der Waals surface area contributed by atoms with Crippen molar-refractivity contribution in [2.75, 3.05) is 0 Å². The standard InChI is InChI=1S/C11H19N3/c1-14-8-10(7-13-14)9-4-2-3-5-11(12)6-9/h7-9,11H,2-6,12H2,1H3. The molecule has 0 radical (unpaired) electrons. The summed E-state index contributed by atoms with van der Waals surface area (Å²) in [7, 11) is 1.97. The average molecular weight is 193 g/mol. The zero-order valence-electron chi connectivity index (χ0n) is 8.82. The van der Waals surface area contributed by atoms with E-state index in [0.717, 1.165) is 6.42 Å². The molecule has 3 nitrogen and oxygen atoms in total. The highest BCUT2D eigenvalue weighted by Crippen LogP contribution is 2.30. The smallest absolute Gasteiger partial charge is 0.0524 e. The number of hydrogen-bond donors (Lipinski definition) is 1. The molecule has 2 rings (SSSR count). The van der Waals surface area contributed by atoms with Crippen LogP contribution in [0, 0.1) is 0 Å². The first-order chi connectivity index (χ1) is 6.75. The van der Waals surface area contributed by atoms with E-state index in [2.05, 4.69) is 11.3 Å². The Morgan fingerprint density at radius 3 is 2.93 bits per heavy atom. The molecule has 0 spiro atoms. The van der Waals surface area contributed by atoms with Crippen molar-refractivity contribution >= 4 is 0 Å². The highest BCUT2D eigenvalue weighted by molar-refractivity contribution is 5.12. The fraction of sp³-hybridized carbons (Fsp3) is 0.727. The number of nitrogens with zero attached hydrogens (tertiary/aromatic N) is 2. The molecule has 2 atom stereocenters. The third-order valence-corrected chi connectivity index (χ3v) is 3.16. The topological polar surface area (TPSA) is 43.8 Å². The monoisotopic (exact) mass is 193 g/mol. The Kier molecular flexibility index (Phi) is 2.87. The highest BCUT2D eigenvalue weighted by Gasteiger charge is 2.19. The van der Waals surface area contributed by atoms with Crippen molar-refractivity contribution in [3.63, 3.8) is 0 Å². The van der Waals surface area contributed by atoms with Gasteiger partial charge in [0.25, 0.3) is 0 Å². The molecule has 78 valence electrons. The molecule has 1 fully saturated rings. The van der Waals surface area contributed by atoms with Crippen LogP contribution in [0.4, 0.5) is 0 Å². The van der Waals surface area contributed by atoms with Crippen LogP contribution >= 0.6 is 0 Å². The van der Waals surface area contributed by atoms with Crippen LogP contribution in [0.5, 0.6) is 0 Å². The Hall–Kier alpha value is -0.830. The second kappa shape index (κ2) is 4.13. The molecule has 1 saturated carbocycles. The van der Waals surface area contributed by atoms with Gasteiger partial charge in [0.05, 0.1) is 6.20 Å². The van der Waals surface area contributed by atoms with E-state index < -0.39 is 0 Å². The fourth-order valence-electron chi connectivity index (χ4n) is 2.35. The van der Waals surface area contributed by atoms with Crippen LogP contribution in [0.2, 0.25) is 0 Å². The molecule has 1 aliphatic carbocycles. The molecule has 0 aliphatic heterocycles. The zero-order valence-corrected chi connectivity index (χ0v) is 8.82. The predicted molar refractivity (Wildman–Crippen MR) is 57.0 cm³/mol. The lowest BCUT2D eigenvalue weighted by Crippen LogP contribution is -2.20. The van der Waals surface area contributed by atoms with Crippen molar-refractivity contribution in [1.82, 2.24) is 9.78 Å². The lowest BCUT2D eigenvalue weighted by atomic mass is 9.93. The summed E-state index contributed by atoms with van der Waals surface area (Å²) >= 11 is 0. The first-order valence-electron chi connectivity index (χ1n) is 5.50. The van der Waals surface area contributed by atoms with Crippen molar-refractivity contribution in [3.05, 3.63) is 18.0 Å². The normalized spacial score (nSPS) is 28.7. The lowest BCUT2D eigenvalue weighted by molar-refractivity contribution is 0.535. The molecule has 2 unspecified atom stereocenters. The Morgan fingerprint density at radius 1 is 1.43 bits per heavy atom. The fourth-order valence-corrected chi connectivity index (χ4v) is 2.35. The van der Waals surface area contributed by atoms with Crippen molar-refractivity contribution in [3.8, 4) is 0 Å². The molecular weight excluding hydrogens is 174 g/mol. The molecule has 0 aromatic carbocycles. The van der Waals surface area contributed by atoms with Crippen LogP contribution in [0.15, 0.2) is 12.4 Å². The summed E-state index contributed by atoms with van der Waals surface area (Å²) in [6.45, 7) is 0. The molecule has 1 heterocycles. The van der Waals surface area contributed by atoms with Crippen LogP contribution in [0.1, 0.15) is 43.6 Å². The minimum absolute atomic E-state index is 0.391. The van der Waals surface area contributed by atoms with E-state index >= 15 is 0 Å². The molecule has 14 heavy (non-hydrogen) atoms. The van der Waals surface area contributed by atoms with Crippen LogP contribution in [0.3, 0.4) is 0 Å². The van der Waals surface area contributed by atoms with Gasteiger partial charge in [-0.05, 0) is 30.7 Å². The molecule has 1 aromatic rings. The lowest BCUT2D eigenvalue weighted by Gasteiger charge is -2.14. The van der Waals surface area contributed by atoms with Gasteiger partial charge in [0.1, 0.15) is 0 Å². The van der Waals surface area contributed by atoms with Gasteiger partial charge in [-0.1, -0.05) is 12.8 Å². The number of nitrogens with two attached hydrogens (primary N) is 1. The highest BCUT2D eigenvalue weighted by atomic mass is 15.2. The number of aromatic nitrogens is 2. The van der Waals surface area contributed by atoms with Crippen molar-refractivity contribution in [2.24, 2.45) is 12.8 Å². The van der Waals surface area contributed by atoms with E-state index in [1.807, 2.05) is 17.9 Å². The zero-order chi connectivity index (χ0) is 9.97. The molecule has 0 saturated heterocycles. The Balaban J connectivity index is 2.08. The number of aryl methyl sites for hydroxylation is 1. The van der Waals surface area contributed by atoms with Gasteiger partial charge in [-0.3, -0.25) is 4.68 Å². The number of hydrogen-bond acceptors (Lipinski definition) is 2. The van der Waals surface area contributed by atoms with Gasteiger partial charge in [-0.2, -0.15) is 5.10 Å². The van der Waals surface area contributed by atoms with Gasteiger partial charge in [-0.15, -0.1) is 0 Å². The maximum Gasteiger partial charge on any atom is 0.0524 e. The van der Waals surface area contributed by atoms with Crippen molar-refractivity contribution in [1.29, 1.82) is 0 Å². The summed E-state index contributed by atoms with van der Waals surface area (Å²) < 4.78 is 1.88. The third-order valence-electron chi connectivity index (χ3n) is 3.16. The Morgan fingerprint density at radius 2 is 2.21 bits per heavy atom. The van der Waals surface area contributed by atoms with E-state index in [4.69, 9.17) is 5.73 Å². The Bertz CT molecular complexity index is 292. The van der Waals surface area contributed by atoms with Gasteiger partial charge >= 0.3 is 0 Å². The first kappa shape index (κ1) is 9.71. The van der Waals surface area contributed by atoms with E-state index in [-0.39, 0.29) is 0 Å². The molecule has 1 aliphatic rings. The summed E-state index contributed by atoms with van der Waals surface area (Å²) in [5.74, 6) is 0.640. The van der Waals surface area contributed by atoms with E-state index in [9.17, 15) is 0 Å². The van der Waals surface area contributed by atoms with Crippen LogP contribution in [-0.2, 0) is 7.05 Å². The van der Waals surface area contributed by atoms with Crippen LogP contribution in [-0.4, -0.2) is 15.8 Å². The largest absolute Gasteiger partial charge is 0.328 e. The van der Waals surface area contributed by atoms with Crippen LogP contribution < -0.4 is 5.73 Å². The van der Waals surface area contributed by atoms with Gasteiger partial charge < -0.3 is 5.73 Å². The van der Waals surface area contributed by atoms with Gasteiger partial charge in [0.15, 0.2) is 0 Å². The first-order valence-corrected chi connectivity index (χ1v) is 5.50. The molecule has 0 bridgehead atoms. The molecular formula is C11H19N3. The maximum absolute atomic E-state index is 6.04. The van der Waals surface area contributed by atoms with E-state index in [1.165, 1.54) is 31.2 Å². The van der Waals surface area contributed by atoms with Gasteiger partial charge in [0, 0.05) is 19.3 Å². The molecule has 1 aromatic heterocycles. The molecule has 2 N–H and O–H groups in total. The predicted octanol–water partition coefficient (Wildman–Crippen LogP) is 1.80. The van der Waals surface area contributed by atoms with E-state index in [1.54, 1.807) is 0 Å². The number of rotatable bonds is 1. The second-order valence-electron chi connectivity index (χ2n) is 4.42. The quantitative estimate of drug-likeness (QED) is 0.691. The molecule has 0 amide bonds. The van der Waals surface area contributed by atoms with E-state index in [0.29, 0.717) is 12.0 Å². The van der Waals surface area contributed by atoms with Crippen molar-refractivity contribution in [2.45, 2.75) is 44.1 Å². The minimum Gasteiger partial charge on any atom is -0.328 e. The third kappa shape index (κ3) is 2.15. The average Bonchev–Trinajstić information content (AvgIpc) is 2.45. The van der Waals surface area contributed by atoms with Gasteiger partial charge in [0.2, 0.25) is 0 Å². The maximum atomic E-state index is 6.04. The second-order valence-corrected chi connectivity index (χ2v) is 4.42. The van der Waals surface area contributed by atoms with Crippen LogP contribution in [0.25, 0.3) is 0 Å². The van der Waals surface area contributed by atoms with Gasteiger partial charge in [-0.25, -0.2) is 0 Å². The minimum atomic E-state index is 0.391. The Labute approximate surface area is 85.3 Å². The summed E-state index contributed by atoms with van der Waals surface area (Å²) in [5.41, 5.74) is 7.41. The molecule has 3 heteroatoms. The summed E-state index contributed by atoms with van der Waals surface area (Å²) in [5, 5.41) is 4.22.